The van der Waals surface area contributed by atoms with Crippen LogP contribution in [0.3, 0.4) is 0 Å². The largest absolute Gasteiger partial charge is 0.380 e. The molecule has 12 heavy (non-hydrogen) atoms. The Morgan fingerprint density at radius 1 is 1.42 bits per heavy atom. The summed E-state index contributed by atoms with van der Waals surface area (Å²) in [4.78, 5) is 0. The third-order valence-electron chi connectivity index (χ3n) is 1.90. The predicted molar refractivity (Wildman–Crippen MR) is 52.2 cm³/mol. The number of hydrogen-bond donors (Lipinski definition) is 2. The summed E-state index contributed by atoms with van der Waals surface area (Å²) in [7, 11) is 1.72. The van der Waals surface area contributed by atoms with Gasteiger partial charge in [-0.1, -0.05) is 13.3 Å². The van der Waals surface area contributed by atoms with Crippen LogP contribution in [0.25, 0.3) is 0 Å². The van der Waals surface area contributed by atoms with Gasteiger partial charge in [0, 0.05) is 26.2 Å². The van der Waals surface area contributed by atoms with Crippen LogP contribution in [-0.4, -0.2) is 32.3 Å². The van der Waals surface area contributed by atoms with Crippen LogP contribution in [0, 0.1) is 0 Å². The number of hydrogen-bond acceptors (Lipinski definition) is 3. The average Bonchev–Trinajstić information content (AvgIpc) is 2.04. The molecule has 2 unspecified atom stereocenters. The van der Waals surface area contributed by atoms with Gasteiger partial charge >= 0.3 is 0 Å². The molecule has 0 aromatic rings. The molecule has 0 aliphatic heterocycles. The molecule has 0 rings (SSSR count). The Labute approximate surface area is 75.7 Å². The third kappa shape index (κ3) is 6.58. The van der Waals surface area contributed by atoms with E-state index >= 15 is 0 Å². The van der Waals surface area contributed by atoms with Crippen LogP contribution in [-0.2, 0) is 4.74 Å². The molecule has 0 radical (unpaired) electrons. The van der Waals surface area contributed by atoms with Crippen LogP contribution in [0.2, 0.25) is 0 Å². The molecule has 0 aliphatic rings. The molecule has 0 saturated carbocycles. The van der Waals surface area contributed by atoms with Crippen molar-refractivity contribution >= 4 is 0 Å². The summed E-state index contributed by atoms with van der Waals surface area (Å²) in [5, 5.41) is 3.27. The molecule has 0 spiro atoms. The highest BCUT2D eigenvalue weighted by Crippen LogP contribution is 1.91. The first-order valence-corrected chi connectivity index (χ1v) is 4.69. The Morgan fingerprint density at radius 3 is 2.58 bits per heavy atom. The van der Waals surface area contributed by atoms with Crippen molar-refractivity contribution in [3.63, 3.8) is 0 Å². The van der Waals surface area contributed by atoms with Crippen molar-refractivity contribution in [3.8, 4) is 0 Å². The average molecular weight is 174 g/mol. The van der Waals surface area contributed by atoms with E-state index in [4.69, 9.17) is 10.5 Å². The zero-order chi connectivity index (χ0) is 9.40. The Balaban J connectivity index is 3.18. The maximum absolute atomic E-state index is 5.81. The van der Waals surface area contributed by atoms with E-state index in [9.17, 15) is 0 Å². The fraction of sp³-hybridized carbons (Fsp3) is 1.00. The number of ether oxygens (including phenoxy) is 1. The van der Waals surface area contributed by atoms with Crippen LogP contribution < -0.4 is 11.1 Å². The predicted octanol–water partition coefficient (Wildman–Crippen LogP) is 0.738. The van der Waals surface area contributed by atoms with Crippen molar-refractivity contribution in [2.24, 2.45) is 5.73 Å². The molecule has 0 bridgehead atoms. The summed E-state index contributed by atoms with van der Waals surface area (Å²) in [6, 6.07) is 0.291. The van der Waals surface area contributed by atoms with E-state index in [-0.39, 0.29) is 6.10 Å². The molecule has 3 heteroatoms. The van der Waals surface area contributed by atoms with Crippen molar-refractivity contribution in [2.45, 2.75) is 38.8 Å². The molecular weight excluding hydrogens is 152 g/mol. The van der Waals surface area contributed by atoms with Gasteiger partial charge < -0.3 is 15.8 Å². The Morgan fingerprint density at radius 2 is 2.08 bits per heavy atom. The third-order valence-corrected chi connectivity index (χ3v) is 1.90. The summed E-state index contributed by atoms with van der Waals surface area (Å²) >= 11 is 0. The first kappa shape index (κ1) is 11.9. The summed E-state index contributed by atoms with van der Waals surface area (Å²) < 4.78 is 5.09. The molecule has 0 fully saturated rings. The zero-order valence-corrected chi connectivity index (χ0v) is 8.47. The first-order valence-electron chi connectivity index (χ1n) is 4.69. The number of nitrogens with two attached hydrogens (primary N) is 1. The smallest absolute Gasteiger partial charge is 0.0667 e. The van der Waals surface area contributed by atoms with Crippen LogP contribution in [0.4, 0.5) is 0 Å². The molecule has 0 aromatic heterocycles. The SMILES string of the molecule is CCCC(N)CNCC(C)OC. The van der Waals surface area contributed by atoms with Crippen LogP contribution in [0.15, 0.2) is 0 Å². The minimum Gasteiger partial charge on any atom is -0.380 e. The molecule has 0 aromatic carbocycles. The van der Waals surface area contributed by atoms with E-state index in [1.165, 1.54) is 0 Å². The van der Waals surface area contributed by atoms with E-state index in [1.54, 1.807) is 7.11 Å². The monoisotopic (exact) mass is 174 g/mol. The maximum Gasteiger partial charge on any atom is 0.0667 e. The molecule has 3 nitrogen and oxygen atoms in total. The van der Waals surface area contributed by atoms with Crippen molar-refractivity contribution < 1.29 is 4.74 Å². The van der Waals surface area contributed by atoms with Gasteiger partial charge in [0.2, 0.25) is 0 Å². The second-order valence-electron chi connectivity index (χ2n) is 3.25. The van der Waals surface area contributed by atoms with Gasteiger partial charge in [0.05, 0.1) is 6.10 Å². The normalized spacial score (nSPS) is 16.0. The zero-order valence-electron chi connectivity index (χ0n) is 8.47. The highest BCUT2D eigenvalue weighted by atomic mass is 16.5. The highest BCUT2D eigenvalue weighted by molar-refractivity contribution is 4.64. The lowest BCUT2D eigenvalue weighted by Crippen LogP contribution is -2.37. The van der Waals surface area contributed by atoms with Gasteiger partial charge in [-0.05, 0) is 13.3 Å². The van der Waals surface area contributed by atoms with Gasteiger partial charge in [-0.15, -0.1) is 0 Å². The van der Waals surface area contributed by atoms with Gasteiger partial charge in [-0.3, -0.25) is 0 Å². The van der Waals surface area contributed by atoms with Gasteiger partial charge in [0.15, 0.2) is 0 Å². The van der Waals surface area contributed by atoms with Crippen LogP contribution in [0.1, 0.15) is 26.7 Å². The van der Waals surface area contributed by atoms with Crippen molar-refractivity contribution in [3.05, 3.63) is 0 Å². The summed E-state index contributed by atoms with van der Waals surface area (Å²) in [5.41, 5.74) is 5.81. The molecular formula is C9H22N2O. The number of nitrogens with one attached hydrogen (secondary N) is 1. The van der Waals surface area contributed by atoms with E-state index in [2.05, 4.69) is 12.2 Å². The second kappa shape index (κ2) is 7.53. The lowest BCUT2D eigenvalue weighted by atomic mass is 10.2. The molecule has 2 atom stereocenters. The molecule has 74 valence electrons. The number of rotatable bonds is 7. The van der Waals surface area contributed by atoms with E-state index in [1.807, 2.05) is 6.92 Å². The van der Waals surface area contributed by atoms with Crippen LogP contribution >= 0.6 is 0 Å². The van der Waals surface area contributed by atoms with E-state index in [0.717, 1.165) is 25.9 Å². The maximum atomic E-state index is 5.81. The van der Waals surface area contributed by atoms with Crippen LogP contribution in [0.5, 0.6) is 0 Å². The van der Waals surface area contributed by atoms with Crippen molar-refractivity contribution in [1.82, 2.24) is 5.32 Å². The highest BCUT2D eigenvalue weighted by Gasteiger charge is 2.01. The van der Waals surface area contributed by atoms with Gasteiger partial charge in [0.1, 0.15) is 0 Å². The molecule has 0 amide bonds. The first-order chi connectivity index (χ1) is 5.70. The van der Waals surface area contributed by atoms with Gasteiger partial charge in [-0.2, -0.15) is 0 Å². The van der Waals surface area contributed by atoms with Crippen molar-refractivity contribution in [2.75, 3.05) is 20.2 Å². The Bertz CT molecular complexity index is 98.5. The van der Waals surface area contributed by atoms with E-state index < -0.39 is 0 Å². The summed E-state index contributed by atoms with van der Waals surface area (Å²) in [5.74, 6) is 0. The standard InChI is InChI=1S/C9H22N2O/c1-4-5-9(10)7-11-6-8(2)12-3/h8-9,11H,4-7,10H2,1-3H3. The minimum atomic E-state index is 0.277. The molecule has 0 aliphatic carbocycles. The lowest BCUT2D eigenvalue weighted by molar-refractivity contribution is 0.117. The van der Waals surface area contributed by atoms with Crippen molar-refractivity contribution in [1.29, 1.82) is 0 Å². The van der Waals surface area contributed by atoms with Gasteiger partial charge in [-0.25, -0.2) is 0 Å². The Hall–Kier alpha value is -0.120. The quantitative estimate of drug-likeness (QED) is 0.598. The fourth-order valence-electron chi connectivity index (χ4n) is 1.03. The molecule has 0 heterocycles. The minimum absolute atomic E-state index is 0.277. The van der Waals surface area contributed by atoms with E-state index in [0.29, 0.717) is 6.04 Å². The lowest BCUT2D eigenvalue weighted by Gasteiger charge is -2.14. The van der Waals surface area contributed by atoms with Gasteiger partial charge in [0.25, 0.3) is 0 Å². The fourth-order valence-corrected chi connectivity index (χ4v) is 1.03. The molecule has 0 saturated heterocycles. The summed E-state index contributed by atoms with van der Waals surface area (Å²) in [6.45, 7) is 5.96. The topological polar surface area (TPSA) is 47.3 Å². The number of methoxy groups -OCH3 is 1. The Kier molecular flexibility index (Phi) is 7.45. The molecule has 3 N–H and O–H groups in total. The summed E-state index contributed by atoms with van der Waals surface area (Å²) in [6.07, 6.45) is 2.52. The second-order valence-corrected chi connectivity index (χ2v) is 3.25.